The first-order valence-corrected chi connectivity index (χ1v) is 6.55. The largest absolute Gasteiger partial charge is 0.481 e. The Morgan fingerprint density at radius 3 is 2.38 bits per heavy atom. The third kappa shape index (κ3) is 5.78. The van der Waals surface area contributed by atoms with Gasteiger partial charge in [0.05, 0.1) is 12.0 Å². The minimum atomic E-state index is -4.38. The van der Waals surface area contributed by atoms with Gasteiger partial charge in [0, 0.05) is 19.6 Å². The van der Waals surface area contributed by atoms with Crippen LogP contribution in [0.2, 0.25) is 0 Å². The number of amides is 2. The number of ether oxygens (including phenoxy) is 1. The van der Waals surface area contributed by atoms with E-state index in [9.17, 15) is 22.8 Å². The molecule has 0 unspecified atom stereocenters. The van der Waals surface area contributed by atoms with Crippen molar-refractivity contribution in [2.75, 3.05) is 32.8 Å². The third-order valence-corrected chi connectivity index (χ3v) is 3.46. The fraction of sp³-hybridized carbons (Fsp3) is 0.833. The molecule has 0 spiro atoms. The zero-order valence-corrected chi connectivity index (χ0v) is 11.7. The zero-order valence-electron chi connectivity index (χ0n) is 11.7. The number of carbonyl (C=O) groups is 2. The highest BCUT2D eigenvalue weighted by Gasteiger charge is 2.37. The van der Waals surface area contributed by atoms with Gasteiger partial charge in [-0.05, 0) is 19.8 Å². The number of carbonyl (C=O) groups excluding carboxylic acids is 1. The van der Waals surface area contributed by atoms with Crippen molar-refractivity contribution in [3.05, 3.63) is 0 Å². The maximum atomic E-state index is 11.8. The Hall–Kier alpha value is -1.51. The fourth-order valence-corrected chi connectivity index (χ4v) is 1.95. The molecule has 0 aromatic heterocycles. The number of hydrogen-bond acceptors (Lipinski definition) is 3. The van der Waals surface area contributed by atoms with Gasteiger partial charge in [0.1, 0.15) is 6.61 Å². The average molecular weight is 312 g/mol. The number of urea groups is 1. The van der Waals surface area contributed by atoms with E-state index < -0.39 is 30.2 Å². The second-order valence-corrected chi connectivity index (χ2v) is 5.25. The van der Waals surface area contributed by atoms with E-state index in [1.165, 1.54) is 4.90 Å². The molecule has 0 bridgehead atoms. The van der Waals surface area contributed by atoms with Gasteiger partial charge in [-0.1, -0.05) is 0 Å². The summed E-state index contributed by atoms with van der Waals surface area (Å²) in [5.41, 5.74) is -0.827. The highest BCUT2D eigenvalue weighted by Crippen LogP contribution is 2.30. The Labute approximate surface area is 120 Å². The number of hydrogen-bond donors (Lipinski definition) is 2. The highest BCUT2D eigenvalue weighted by atomic mass is 19.4. The van der Waals surface area contributed by atoms with Crippen molar-refractivity contribution in [2.24, 2.45) is 5.41 Å². The number of nitrogens with zero attached hydrogens (tertiary/aromatic N) is 1. The van der Waals surface area contributed by atoms with E-state index in [1.807, 2.05) is 0 Å². The summed E-state index contributed by atoms with van der Waals surface area (Å²) in [6.07, 6.45) is -3.68. The van der Waals surface area contributed by atoms with E-state index >= 15 is 0 Å². The molecule has 0 aromatic carbocycles. The Balaban J connectivity index is 2.21. The molecule has 2 N–H and O–H groups in total. The number of likely N-dealkylation sites (tertiary alicyclic amines) is 1. The average Bonchev–Trinajstić information content (AvgIpc) is 2.37. The summed E-state index contributed by atoms with van der Waals surface area (Å²) >= 11 is 0. The first-order chi connectivity index (χ1) is 9.64. The van der Waals surface area contributed by atoms with Crippen molar-refractivity contribution in [3.63, 3.8) is 0 Å². The topological polar surface area (TPSA) is 78.9 Å². The van der Waals surface area contributed by atoms with E-state index in [0.717, 1.165) is 0 Å². The minimum Gasteiger partial charge on any atom is -0.481 e. The molecule has 1 rings (SSSR count). The molecule has 0 aromatic rings. The van der Waals surface area contributed by atoms with Gasteiger partial charge in [-0.2, -0.15) is 13.2 Å². The summed E-state index contributed by atoms with van der Waals surface area (Å²) in [6.45, 7) is 0.642. The van der Waals surface area contributed by atoms with E-state index in [2.05, 4.69) is 10.1 Å². The van der Waals surface area contributed by atoms with Crippen LogP contribution < -0.4 is 5.32 Å². The van der Waals surface area contributed by atoms with Gasteiger partial charge in [0.25, 0.3) is 0 Å². The first kappa shape index (κ1) is 17.5. The van der Waals surface area contributed by atoms with Gasteiger partial charge in [-0.3, -0.25) is 4.79 Å². The molecule has 0 aliphatic carbocycles. The molecule has 1 heterocycles. The van der Waals surface area contributed by atoms with Crippen LogP contribution in [0.3, 0.4) is 0 Å². The van der Waals surface area contributed by atoms with Crippen LogP contribution in [-0.4, -0.2) is 61.0 Å². The summed E-state index contributed by atoms with van der Waals surface area (Å²) in [7, 11) is 0. The van der Waals surface area contributed by atoms with Crippen LogP contribution in [0.15, 0.2) is 0 Å². The summed E-state index contributed by atoms with van der Waals surface area (Å²) in [5.74, 6) is -0.886. The van der Waals surface area contributed by atoms with Gasteiger partial charge in [-0.15, -0.1) is 0 Å². The molecule has 1 saturated heterocycles. The maximum Gasteiger partial charge on any atom is 0.411 e. The lowest BCUT2D eigenvalue weighted by atomic mass is 9.80. The second kappa shape index (κ2) is 6.97. The molecule has 122 valence electrons. The van der Waals surface area contributed by atoms with Gasteiger partial charge < -0.3 is 20.1 Å². The fourth-order valence-electron chi connectivity index (χ4n) is 1.95. The number of carboxylic acids is 1. The number of nitrogens with one attached hydrogen (secondary N) is 1. The zero-order chi connectivity index (χ0) is 16.1. The molecule has 0 saturated carbocycles. The molecular formula is C12H19F3N2O4. The summed E-state index contributed by atoms with van der Waals surface area (Å²) < 4.78 is 39.8. The first-order valence-electron chi connectivity index (χ1n) is 6.55. The highest BCUT2D eigenvalue weighted by molar-refractivity contribution is 5.76. The Bertz CT molecular complexity index is 379. The number of alkyl halides is 3. The minimum absolute atomic E-state index is 0.0262. The second-order valence-electron chi connectivity index (χ2n) is 5.25. The maximum absolute atomic E-state index is 11.8. The molecular weight excluding hydrogens is 293 g/mol. The lowest BCUT2D eigenvalue weighted by Crippen LogP contribution is -2.49. The Morgan fingerprint density at radius 2 is 1.90 bits per heavy atom. The van der Waals surface area contributed by atoms with E-state index in [1.54, 1.807) is 6.92 Å². The number of halogens is 3. The van der Waals surface area contributed by atoms with Gasteiger partial charge in [0.2, 0.25) is 0 Å². The van der Waals surface area contributed by atoms with Crippen LogP contribution in [0.4, 0.5) is 18.0 Å². The Kier molecular flexibility index (Phi) is 5.82. The lowest BCUT2D eigenvalue weighted by Gasteiger charge is -2.36. The van der Waals surface area contributed by atoms with Gasteiger partial charge in [-0.25, -0.2) is 4.79 Å². The van der Waals surface area contributed by atoms with Crippen molar-refractivity contribution in [2.45, 2.75) is 25.9 Å². The van der Waals surface area contributed by atoms with Crippen LogP contribution in [0.1, 0.15) is 19.8 Å². The van der Waals surface area contributed by atoms with Crippen molar-refractivity contribution >= 4 is 12.0 Å². The van der Waals surface area contributed by atoms with E-state index in [4.69, 9.17) is 5.11 Å². The third-order valence-electron chi connectivity index (χ3n) is 3.46. The Morgan fingerprint density at radius 1 is 1.33 bits per heavy atom. The standard InChI is InChI=1S/C12H19F3N2O4/c1-11(9(18)19)2-5-17(6-3-11)10(20)16-4-7-21-8-12(13,14)15/h2-8H2,1H3,(H,16,20)(H,18,19). The predicted octanol–water partition coefficient (Wildman–Crippen LogP) is 1.46. The predicted molar refractivity (Wildman–Crippen MR) is 66.8 cm³/mol. The summed E-state index contributed by atoms with van der Waals surface area (Å²) in [5, 5.41) is 11.5. The van der Waals surface area contributed by atoms with E-state index in [0.29, 0.717) is 25.9 Å². The lowest BCUT2D eigenvalue weighted by molar-refractivity contribution is -0.173. The van der Waals surface area contributed by atoms with Crippen LogP contribution in [-0.2, 0) is 9.53 Å². The molecule has 9 heteroatoms. The summed E-state index contributed by atoms with van der Waals surface area (Å²) in [6, 6.07) is -0.418. The van der Waals surface area contributed by atoms with Crippen LogP contribution in [0.25, 0.3) is 0 Å². The number of aliphatic carboxylic acids is 1. The quantitative estimate of drug-likeness (QED) is 0.753. The molecule has 21 heavy (non-hydrogen) atoms. The molecule has 0 atom stereocenters. The molecule has 1 aliphatic heterocycles. The monoisotopic (exact) mass is 312 g/mol. The van der Waals surface area contributed by atoms with E-state index in [-0.39, 0.29) is 13.2 Å². The normalized spacial score (nSPS) is 18.4. The smallest absolute Gasteiger partial charge is 0.411 e. The van der Waals surface area contributed by atoms with Gasteiger partial charge in [0.15, 0.2) is 0 Å². The number of piperidine rings is 1. The summed E-state index contributed by atoms with van der Waals surface area (Å²) in [4.78, 5) is 24.2. The van der Waals surface area contributed by atoms with Crippen LogP contribution in [0.5, 0.6) is 0 Å². The number of carboxylic acid groups (broad SMARTS) is 1. The van der Waals surface area contributed by atoms with Gasteiger partial charge >= 0.3 is 18.2 Å². The van der Waals surface area contributed by atoms with Crippen molar-refractivity contribution in [1.29, 1.82) is 0 Å². The van der Waals surface area contributed by atoms with Crippen molar-refractivity contribution < 1.29 is 32.6 Å². The van der Waals surface area contributed by atoms with Crippen LogP contribution in [0, 0.1) is 5.41 Å². The van der Waals surface area contributed by atoms with Crippen molar-refractivity contribution in [1.82, 2.24) is 10.2 Å². The molecule has 0 radical (unpaired) electrons. The SMILES string of the molecule is CC1(C(=O)O)CCN(C(=O)NCCOCC(F)(F)F)CC1. The van der Waals surface area contributed by atoms with Crippen molar-refractivity contribution in [3.8, 4) is 0 Å². The molecule has 1 fully saturated rings. The molecule has 1 aliphatic rings. The molecule has 6 nitrogen and oxygen atoms in total. The number of rotatable bonds is 5. The molecule has 2 amide bonds. The van der Waals surface area contributed by atoms with Crippen LogP contribution >= 0.6 is 0 Å².